The third-order valence-electron chi connectivity index (χ3n) is 1.64. The summed E-state index contributed by atoms with van der Waals surface area (Å²) in [6.45, 7) is 1.93. The SMILES string of the molecule is Cc1ccc(C(C#N)CC(=O)O)s1. The maximum absolute atomic E-state index is 10.4. The van der Waals surface area contributed by atoms with Crippen LogP contribution >= 0.6 is 11.3 Å². The van der Waals surface area contributed by atoms with Gasteiger partial charge in [0.25, 0.3) is 0 Å². The molecule has 68 valence electrons. The Kier molecular flexibility index (Phi) is 3.04. The predicted octanol–water partition coefficient (Wildman–Crippen LogP) is 2.14. The number of carboxylic acid groups (broad SMARTS) is 1. The lowest BCUT2D eigenvalue weighted by atomic mass is 10.1. The van der Waals surface area contributed by atoms with Crippen molar-refractivity contribution in [2.75, 3.05) is 0 Å². The van der Waals surface area contributed by atoms with Crippen molar-refractivity contribution in [2.24, 2.45) is 0 Å². The van der Waals surface area contributed by atoms with Crippen molar-refractivity contribution in [1.82, 2.24) is 0 Å². The van der Waals surface area contributed by atoms with Gasteiger partial charge in [0, 0.05) is 9.75 Å². The molecule has 0 aliphatic heterocycles. The summed E-state index contributed by atoms with van der Waals surface area (Å²) in [7, 11) is 0. The molecule has 1 atom stereocenters. The third kappa shape index (κ3) is 2.56. The molecule has 0 saturated heterocycles. The molecule has 0 amide bonds. The quantitative estimate of drug-likeness (QED) is 0.803. The van der Waals surface area contributed by atoms with Crippen LogP contribution in [0.3, 0.4) is 0 Å². The summed E-state index contributed by atoms with van der Waals surface area (Å²) in [6.07, 6.45) is -0.115. The van der Waals surface area contributed by atoms with E-state index < -0.39 is 11.9 Å². The molecule has 0 fully saturated rings. The molecular weight excluding hydrogens is 186 g/mol. The number of nitrogens with zero attached hydrogens (tertiary/aromatic N) is 1. The van der Waals surface area contributed by atoms with E-state index in [1.54, 1.807) is 0 Å². The van der Waals surface area contributed by atoms with Crippen molar-refractivity contribution in [3.05, 3.63) is 21.9 Å². The monoisotopic (exact) mass is 195 g/mol. The zero-order valence-corrected chi connectivity index (χ0v) is 7.97. The summed E-state index contributed by atoms with van der Waals surface area (Å²) >= 11 is 1.48. The molecule has 0 aliphatic rings. The smallest absolute Gasteiger partial charge is 0.305 e. The van der Waals surface area contributed by atoms with Gasteiger partial charge < -0.3 is 5.11 Å². The van der Waals surface area contributed by atoms with Crippen molar-refractivity contribution in [3.63, 3.8) is 0 Å². The van der Waals surface area contributed by atoms with Crippen molar-refractivity contribution in [3.8, 4) is 6.07 Å². The van der Waals surface area contributed by atoms with Crippen molar-refractivity contribution >= 4 is 17.3 Å². The van der Waals surface area contributed by atoms with E-state index in [4.69, 9.17) is 10.4 Å². The molecule has 1 N–H and O–H groups in total. The van der Waals surface area contributed by atoms with E-state index in [9.17, 15) is 4.79 Å². The van der Waals surface area contributed by atoms with Crippen LogP contribution in [0.25, 0.3) is 0 Å². The van der Waals surface area contributed by atoms with Gasteiger partial charge in [-0.25, -0.2) is 0 Å². The highest BCUT2D eigenvalue weighted by Crippen LogP contribution is 2.26. The molecule has 1 rings (SSSR count). The van der Waals surface area contributed by atoms with E-state index in [2.05, 4.69) is 0 Å². The molecule has 1 heterocycles. The zero-order valence-electron chi connectivity index (χ0n) is 7.15. The van der Waals surface area contributed by atoms with Crippen molar-refractivity contribution in [2.45, 2.75) is 19.3 Å². The highest BCUT2D eigenvalue weighted by molar-refractivity contribution is 7.12. The Morgan fingerprint density at radius 3 is 2.85 bits per heavy atom. The van der Waals surface area contributed by atoms with Gasteiger partial charge in [-0.2, -0.15) is 5.26 Å². The molecule has 13 heavy (non-hydrogen) atoms. The Bertz CT molecular complexity index is 351. The van der Waals surface area contributed by atoms with Crippen LogP contribution < -0.4 is 0 Å². The van der Waals surface area contributed by atoms with Crippen LogP contribution in [0.5, 0.6) is 0 Å². The fraction of sp³-hybridized carbons (Fsp3) is 0.333. The molecule has 1 aromatic rings. The summed E-state index contributed by atoms with van der Waals surface area (Å²) in [4.78, 5) is 12.3. The molecule has 1 unspecified atom stereocenters. The molecule has 0 saturated carbocycles. The molecule has 0 aliphatic carbocycles. The normalized spacial score (nSPS) is 12.0. The second kappa shape index (κ2) is 4.06. The first-order valence-electron chi connectivity index (χ1n) is 3.81. The summed E-state index contributed by atoms with van der Waals surface area (Å²) in [5.41, 5.74) is 0. The number of aryl methyl sites for hydroxylation is 1. The molecule has 3 nitrogen and oxygen atoms in total. The fourth-order valence-corrected chi connectivity index (χ4v) is 1.95. The van der Waals surface area contributed by atoms with Gasteiger partial charge in [0.2, 0.25) is 0 Å². The fourth-order valence-electron chi connectivity index (χ4n) is 1.03. The van der Waals surface area contributed by atoms with Crippen molar-refractivity contribution < 1.29 is 9.90 Å². The van der Waals surface area contributed by atoms with Gasteiger partial charge in [0.05, 0.1) is 18.4 Å². The Morgan fingerprint density at radius 2 is 2.46 bits per heavy atom. The summed E-state index contributed by atoms with van der Waals surface area (Å²) in [6, 6.07) is 5.70. The number of aliphatic carboxylic acids is 1. The molecule has 0 aromatic carbocycles. The molecule has 0 radical (unpaired) electrons. The van der Waals surface area contributed by atoms with Gasteiger partial charge in [-0.3, -0.25) is 4.79 Å². The summed E-state index contributed by atoms with van der Waals surface area (Å²) in [5.74, 6) is -1.44. The zero-order chi connectivity index (χ0) is 9.84. The first-order valence-corrected chi connectivity index (χ1v) is 4.63. The second-order valence-electron chi connectivity index (χ2n) is 2.73. The average Bonchev–Trinajstić information content (AvgIpc) is 2.47. The van der Waals surface area contributed by atoms with E-state index >= 15 is 0 Å². The molecule has 0 spiro atoms. The lowest BCUT2D eigenvalue weighted by molar-refractivity contribution is -0.137. The Morgan fingerprint density at radius 1 is 1.77 bits per heavy atom. The first kappa shape index (κ1) is 9.75. The van der Waals surface area contributed by atoms with Gasteiger partial charge in [0.15, 0.2) is 0 Å². The van der Waals surface area contributed by atoms with E-state index in [0.29, 0.717) is 0 Å². The minimum absolute atomic E-state index is 0.115. The van der Waals surface area contributed by atoms with Gasteiger partial charge >= 0.3 is 5.97 Å². The Hall–Kier alpha value is -1.34. The average molecular weight is 195 g/mol. The first-order chi connectivity index (χ1) is 6.13. The topological polar surface area (TPSA) is 61.1 Å². The number of carboxylic acids is 1. The summed E-state index contributed by atoms with van der Waals surface area (Å²) < 4.78 is 0. The molecule has 1 aromatic heterocycles. The van der Waals surface area contributed by atoms with Gasteiger partial charge in [-0.05, 0) is 19.1 Å². The number of rotatable bonds is 3. The Labute approximate surface area is 80.2 Å². The molecule has 4 heteroatoms. The maximum atomic E-state index is 10.4. The lowest BCUT2D eigenvalue weighted by Gasteiger charge is -2.01. The van der Waals surface area contributed by atoms with Crippen LogP contribution in [0, 0.1) is 18.3 Å². The van der Waals surface area contributed by atoms with Crippen LogP contribution in [0.4, 0.5) is 0 Å². The number of hydrogen-bond acceptors (Lipinski definition) is 3. The second-order valence-corrected chi connectivity index (χ2v) is 4.05. The van der Waals surface area contributed by atoms with Crippen LogP contribution in [0.15, 0.2) is 12.1 Å². The van der Waals surface area contributed by atoms with Crippen LogP contribution in [0.2, 0.25) is 0 Å². The number of hydrogen-bond donors (Lipinski definition) is 1. The van der Waals surface area contributed by atoms with E-state index in [1.807, 2.05) is 25.1 Å². The number of nitriles is 1. The molecule has 0 bridgehead atoms. The standard InChI is InChI=1S/C9H9NO2S/c1-6-2-3-8(13-6)7(5-10)4-9(11)12/h2-3,7H,4H2,1H3,(H,11,12). The van der Waals surface area contributed by atoms with E-state index in [1.165, 1.54) is 11.3 Å². The van der Waals surface area contributed by atoms with Crippen LogP contribution in [-0.2, 0) is 4.79 Å². The van der Waals surface area contributed by atoms with Crippen LogP contribution in [-0.4, -0.2) is 11.1 Å². The van der Waals surface area contributed by atoms with Gasteiger partial charge in [-0.1, -0.05) is 0 Å². The maximum Gasteiger partial charge on any atom is 0.305 e. The van der Waals surface area contributed by atoms with Gasteiger partial charge in [-0.15, -0.1) is 11.3 Å². The highest BCUT2D eigenvalue weighted by atomic mass is 32.1. The van der Waals surface area contributed by atoms with E-state index in [-0.39, 0.29) is 6.42 Å². The van der Waals surface area contributed by atoms with Crippen LogP contribution in [0.1, 0.15) is 22.1 Å². The van der Waals surface area contributed by atoms with E-state index in [0.717, 1.165) is 9.75 Å². The number of thiophene rings is 1. The minimum atomic E-state index is -0.933. The third-order valence-corrected chi connectivity index (χ3v) is 2.75. The molecular formula is C9H9NO2S. The highest BCUT2D eigenvalue weighted by Gasteiger charge is 2.15. The number of carbonyl (C=O) groups is 1. The Balaban J connectivity index is 2.80. The lowest BCUT2D eigenvalue weighted by Crippen LogP contribution is -2.02. The minimum Gasteiger partial charge on any atom is -0.481 e. The largest absolute Gasteiger partial charge is 0.481 e. The predicted molar refractivity (Wildman–Crippen MR) is 49.7 cm³/mol. The summed E-state index contributed by atoms with van der Waals surface area (Å²) in [5, 5.41) is 17.3. The van der Waals surface area contributed by atoms with Crippen molar-refractivity contribution in [1.29, 1.82) is 5.26 Å². The van der Waals surface area contributed by atoms with Gasteiger partial charge in [0.1, 0.15) is 0 Å².